The van der Waals surface area contributed by atoms with Crippen LogP contribution in [-0.4, -0.2) is 5.92 Å². The van der Waals surface area contributed by atoms with Crippen molar-refractivity contribution in [3.8, 4) is 0 Å². The Kier molecular flexibility index (Phi) is 3.57. The Bertz CT molecular complexity index is 304. The molecule has 0 amide bonds. The molecule has 0 heterocycles. The first kappa shape index (κ1) is 10.6. The van der Waals surface area contributed by atoms with Gasteiger partial charge in [0.15, 0.2) is 0 Å². The second kappa shape index (κ2) is 4.72. The van der Waals surface area contributed by atoms with Crippen molar-refractivity contribution in [1.29, 1.82) is 0 Å². The van der Waals surface area contributed by atoms with Gasteiger partial charge in [-0.15, -0.1) is 0 Å². The number of hydrogen-bond acceptors (Lipinski definition) is 0. The summed E-state index contributed by atoms with van der Waals surface area (Å²) in [5.41, 5.74) is 0. The summed E-state index contributed by atoms with van der Waals surface area (Å²) in [6, 6.07) is 0. The zero-order valence-corrected chi connectivity index (χ0v) is 12.6. The average Bonchev–Trinajstić information content (AvgIpc) is 2.75. The summed E-state index contributed by atoms with van der Waals surface area (Å²) >= 11 is -1.29. The molecule has 0 saturated heterocycles. The van der Waals surface area contributed by atoms with Crippen molar-refractivity contribution in [2.75, 3.05) is 0 Å². The third-order valence-corrected chi connectivity index (χ3v) is 22.1. The van der Waals surface area contributed by atoms with Crippen molar-refractivity contribution in [3.63, 3.8) is 0 Å². The molecule has 14 heavy (non-hydrogen) atoms. The average molecular weight is 281 g/mol. The summed E-state index contributed by atoms with van der Waals surface area (Å²) < 4.78 is 3.70. The van der Waals surface area contributed by atoms with Crippen LogP contribution in [0.3, 0.4) is 0 Å². The number of allylic oxidation sites excluding steroid dienone is 8. The van der Waals surface area contributed by atoms with Crippen molar-refractivity contribution in [3.05, 3.63) is 43.0 Å². The molecule has 0 bridgehead atoms. The van der Waals surface area contributed by atoms with Crippen LogP contribution in [-0.2, 0) is 20.9 Å². The van der Waals surface area contributed by atoms with E-state index in [1.807, 2.05) is 6.56 Å². The van der Waals surface area contributed by atoms with Gasteiger partial charge in [0.25, 0.3) is 0 Å². The van der Waals surface area contributed by atoms with Crippen molar-refractivity contribution < 1.29 is 20.9 Å². The van der Waals surface area contributed by atoms with E-state index in [1.54, 1.807) is 0 Å². The van der Waals surface area contributed by atoms with E-state index in [9.17, 15) is 0 Å². The Balaban J connectivity index is 2.16. The molecule has 0 aromatic rings. The predicted octanol–water partition coefficient (Wildman–Crippen LogP) is 3.28. The van der Waals surface area contributed by atoms with Crippen LogP contribution in [0.25, 0.3) is 0 Å². The van der Waals surface area contributed by atoms with E-state index in [0.717, 1.165) is 0 Å². The van der Waals surface area contributed by atoms with E-state index in [4.69, 9.17) is 0 Å². The minimum absolute atomic E-state index is 0.412. The molecule has 0 atom stereocenters. The summed E-state index contributed by atoms with van der Waals surface area (Å²) in [4.78, 5) is 0. The number of hydrogen-bond donors (Lipinski definition) is 0. The maximum absolute atomic E-state index is 2.55. The van der Waals surface area contributed by atoms with Gasteiger partial charge in [-0.2, -0.15) is 0 Å². The van der Waals surface area contributed by atoms with Gasteiger partial charge in [-0.1, -0.05) is 0 Å². The van der Waals surface area contributed by atoms with Crippen LogP contribution in [0.1, 0.15) is 12.8 Å². The molecule has 73 valence electrons. The zero-order valence-electron chi connectivity index (χ0n) is 8.96. The van der Waals surface area contributed by atoms with Gasteiger partial charge in [-0.05, 0) is 0 Å². The molecule has 0 fully saturated rings. The van der Waals surface area contributed by atoms with Gasteiger partial charge < -0.3 is 0 Å². The van der Waals surface area contributed by atoms with E-state index >= 15 is 0 Å². The van der Waals surface area contributed by atoms with Crippen LogP contribution < -0.4 is 0 Å². The molecule has 0 spiro atoms. The van der Waals surface area contributed by atoms with E-state index in [2.05, 4.69) is 49.6 Å². The molecule has 0 nitrogen and oxygen atoms in total. The Hall–Kier alpha value is 0.0600. The van der Waals surface area contributed by atoms with E-state index in [1.165, 1.54) is 12.8 Å². The number of rotatable bonds is 3. The predicted molar refractivity (Wildman–Crippen MR) is 62.6 cm³/mol. The second-order valence-corrected chi connectivity index (χ2v) is 23.6. The fourth-order valence-electron chi connectivity index (χ4n) is 2.24. The first-order chi connectivity index (χ1) is 6.79. The molecule has 0 radical (unpaired) electrons. The van der Waals surface area contributed by atoms with Crippen molar-refractivity contribution in [1.82, 2.24) is 0 Å². The van der Waals surface area contributed by atoms with Crippen LogP contribution in [0.5, 0.6) is 0 Å². The Morgan fingerprint density at radius 3 is 1.79 bits per heavy atom. The third kappa shape index (κ3) is 2.17. The SMILES string of the molecule is C[SiH](C)[Zr]([C]1=CC=CC1)[C]1=CC=CC1. The Labute approximate surface area is 95.3 Å². The van der Waals surface area contributed by atoms with Crippen LogP contribution >= 0.6 is 0 Å². The molecule has 0 unspecified atom stereocenters. The van der Waals surface area contributed by atoms with Crippen LogP contribution in [0.15, 0.2) is 43.0 Å². The fourth-order valence-corrected chi connectivity index (χ4v) is 21.2. The Morgan fingerprint density at radius 2 is 1.50 bits per heavy atom. The molecule has 0 aromatic heterocycles. The molecular formula is C12H17SiZr. The summed E-state index contributed by atoms with van der Waals surface area (Å²) in [5.74, 6) is -0.412. The molecule has 2 heteroatoms. The molecule has 0 aromatic carbocycles. The third-order valence-electron chi connectivity index (χ3n) is 2.81. The summed E-state index contributed by atoms with van der Waals surface area (Å²) in [6.45, 7) is 5.10. The standard InChI is InChI=1S/2C5H5.C2H7Si.Zr/c2*1-2-4-5-3-1;1-3-2;/h2*1-3H,4H2;3H,1-2H3;. The van der Waals surface area contributed by atoms with E-state index in [-0.39, 0.29) is 0 Å². The normalized spacial score (nSPS) is 19.1. The van der Waals surface area contributed by atoms with Crippen molar-refractivity contribution in [2.24, 2.45) is 0 Å². The van der Waals surface area contributed by atoms with E-state index < -0.39 is 26.8 Å². The first-order valence-electron chi connectivity index (χ1n) is 5.38. The fraction of sp³-hybridized carbons (Fsp3) is 0.333. The monoisotopic (exact) mass is 279 g/mol. The van der Waals surface area contributed by atoms with Gasteiger partial charge in [0.2, 0.25) is 0 Å². The van der Waals surface area contributed by atoms with Crippen LogP contribution in [0, 0.1) is 0 Å². The molecule has 0 saturated carbocycles. The van der Waals surface area contributed by atoms with Crippen LogP contribution in [0.2, 0.25) is 13.1 Å². The quantitative estimate of drug-likeness (QED) is 0.696. The first-order valence-corrected chi connectivity index (χ1v) is 15.0. The summed E-state index contributed by atoms with van der Waals surface area (Å²) in [6.07, 6.45) is 16.6. The van der Waals surface area contributed by atoms with Gasteiger partial charge in [0, 0.05) is 0 Å². The summed E-state index contributed by atoms with van der Waals surface area (Å²) in [7, 11) is 0. The van der Waals surface area contributed by atoms with Gasteiger partial charge in [-0.3, -0.25) is 0 Å². The van der Waals surface area contributed by atoms with Gasteiger partial charge >= 0.3 is 95.8 Å². The molecule has 2 aliphatic rings. The molecule has 2 aliphatic carbocycles. The molecule has 2 rings (SSSR count). The maximum atomic E-state index is 2.55. The van der Waals surface area contributed by atoms with Crippen LogP contribution in [0.4, 0.5) is 0 Å². The van der Waals surface area contributed by atoms with Crippen molar-refractivity contribution >= 4 is 5.92 Å². The molecular weight excluding hydrogens is 263 g/mol. The minimum atomic E-state index is -1.29. The van der Waals surface area contributed by atoms with Gasteiger partial charge in [0.1, 0.15) is 0 Å². The summed E-state index contributed by atoms with van der Waals surface area (Å²) in [5, 5.41) is 0. The zero-order chi connectivity index (χ0) is 9.97. The van der Waals surface area contributed by atoms with E-state index in [0.29, 0.717) is 0 Å². The topological polar surface area (TPSA) is 0 Å². The van der Waals surface area contributed by atoms with Crippen molar-refractivity contribution in [2.45, 2.75) is 25.9 Å². The second-order valence-electron chi connectivity index (χ2n) is 4.22. The molecule has 0 aliphatic heterocycles. The Morgan fingerprint density at radius 1 is 1.00 bits per heavy atom. The van der Waals surface area contributed by atoms with Gasteiger partial charge in [-0.25, -0.2) is 0 Å². The van der Waals surface area contributed by atoms with Gasteiger partial charge in [0.05, 0.1) is 0 Å². The molecule has 0 N–H and O–H groups in total.